The standard InChI is InChI=1S/C21H21FN6OS2/c1-27-7-3-13(4-8-27)9-18(29)26-21-25-15-10-14(22)16(11-17(15)31-21)30-19-12-24-20-23-5-2-6-28(19)20/h2,5-6,10-13H,3-4,7-9H2,1H3,(H,25,26,29). The van der Waals surface area contributed by atoms with Crippen molar-refractivity contribution in [3.63, 3.8) is 0 Å². The summed E-state index contributed by atoms with van der Waals surface area (Å²) in [6, 6.07) is 5.00. The van der Waals surface area contributed by atoms with Gasteiger partial charge in [-0.05, 0) is 51.0 Å². The van der Waals surface area contributed by atoms with Crippen molar-refractivity contribution < 1.29 is 9.18 Å². The number of benzene rings is 1. The van der Waals surface area contributed by atoms with Crippen LogP contribution in [-0.2, 0) is 4.79 Å². The molecule has 160 valence electrons. The predicted molar refractivity (Wildman–Crippen MR) is 120 cm³/mol. The van der Waals surface area contributed by atoms with Crippen LogP contribution in [0, 0.1) is 11.7 Å². The van der Waals surface area contributed by atoms with E-state index in [0.29, 0.717) is 33.7 Å². The molecule has 0 atom stereocenters. The van der Waals surface area contributed by atoms with E-state index in [4.69, 9.17) is 0 Å². The maximum Gasteiger partial charge on any atom is 0.234 e. The average molecular weight is 457 g/mol. The van der Waals surface area contributed by atoms with Crippen LogP contribution in [0.5, 0.6) is 0 Å². The number of halogens is 1. The normalized spacial score (nSPS) is 15.7. The molecule has 31 heavy (non-hydrogen) atoms. The third-order valence-corrected chi connectivity index (χ3v) is 7.45. The number of anilines is 1. The first-order valence-corrected chi connectivity index (χ1v) is 11.7. The highest BCUT2D eigenvalue weighted by atomic mass is 32.2. The van der Waals surface area contributed by atoms with Gasteiger partial charge in [0.25, 0.3) is 0 Å². The molecular weight excluding hydrogens is 435 g/mol. The number of hydrogen-bond acceptors (Lipinski definition) is 7. The Morgan fingerprint density at radius 2 is 2.16 bits per heavy atom. The first-order valence-electron chi connectivity index (χ1n) is 10.1. The average Bonchev–Trinajstić information content (AvgIpc) is 3.33. The molecule has 3 aromatic heterocycles. The molecule has 1 aliphatic heterocycles. The lowest BCUT2D eigenvalue weighted by Gasteiger charge is -2.28. The van der Waals surface area contributed by atoms with Crippen LogP contribution < -0.4 is 5.32 Å². The minimum atomic E-state index is -0.356. The number of piperidine rings is 1. The quantitative estimate of drug-likeness (QED) is 0.483. The lowest BCUT2D eigenvalue weighted by atomic mass is 9.93. The van der Waals surface area contributed by atoms with Gasteiger partial charge in [-0.2, -0.15) is 0 Å². The SMILES string of the molecule is CN1CCC(CC(=O)Nc2nc3cc(F)c(Sc4cnc5ncccn45)cc3s2)CC1. The van der Waals surface area contributed by atoms with Crippen molar-refractivity contribution in [2.24, 2.45) is 5.92 Å². The van der Waals surface area contributed by atoms with Crippen LogP contribution in [0.4, 0.5) is 9.52 Å². The van der Waals surface area contributed by atoms with E-state index in [2.05, 4.69) is 32.2 Å². The number of fused-ring (bicyclic) bond motifs is 2. The van der Waals surface area contributed by atoms with Crippen molar-refractivity contribution in [1.29, 1.82) is 0 Å². The number of likely N-dealkylation sites (tertiary alicyclic amines) is 1. The zero-order valence-corrected chi connectivity index (χ0v) is 18.5. The van der Waals surface area contributed by atoms with Gasteiger partial charge in [-0.3, -0.25) is 9.20 Å². The Hall–Kier alpha value is -2.56. The third-order valence-electron chi connectivity index (χ3n) is 5.47. The summed E-state index contributed by atoms with van der Waals surface area (Å²) >= 11 is 2.65. The molecular formula is C21H21FN6OS2. The minimum Gasteiger partial charge on any atom is -0.306 e. The number of carbonyl (C=O) groups is 1. The molecule has 5 rings (SSSR count). The fraction of sp³-hybridized carbons (Fsp3) is 0.333. The molecule has 1 aromatic carbocycles. The Morgan fingerprint density at radius 1 is 1.32 bits per heavy atom. The van der Waals surface area contributed by atoms with Gasteiger partial charge in [0.1, 0.15) is 10.8 Å². The first kappa shape index (κ1) is 20.3. The fourth-order valence-electron chi connectivity index (χ4n) is 3.75. The largest absolute Gasteiger partial charge is 0.306 e. The highest BCUT2D eigenvalue weighted by Gasteiger charge is 2.20. The smallest absolute Gasteiger partial charge is 0.234 e. The lowest BCUT2D eigenvalue weighted by Crippen LogP contribution is -2.31. The number of hydrogen-bond donors (Lipinski definition) is 1. The van der Waals surface area contributed by atoms with E-state index in [0.717, 1.165) is 35.7 Å². The van der Waals surface area contributed by atoms with Gasteiger partial charge in [-0.15, -0.1) is 0 Å². The van der Waals surface area contributed by atoms with Crippen molar-refractivity contribution in [2.75, 3.05) is 25.5 Å². The van der Waals surface area contributed by atoms with E-state index in [-0.39, 0.29) is 11.7 Å². The minimum absolute atomic E-state index is 0.0260. The van der Waals surface area contributed by atoms with Crippen molar-refractivity contribution in [2.45, 2.75) is 29.2 Å². The summed E-state index contributed by atoms with van der Waals surface area (Å²) in [5.41, 5.74) is 0.543. The maximum atomic E-state index is 14.7. The molecule has 4 heterocycles. The van der Waals surface area contributed by atoms with E-state index in [1.54, 1.807) is 18.5 Å². The van der Waals surface area contributed by atoms with Crippen LogP contribution in [0.2, 0.25) is 0 Å². The monoisotopic (exact) mass is 456 g/mol. The predicted octanol–water partition coefficient (Wildman–Crippen LogP) is 4.30. The number of thiazole rings is 1. The molecule has 0 unspecified atom stereocenters. The third kappa shape index (κ3) is 4.41. The molecule has 0 aliphatic carbocycles. The Balaban J connectivity index is 1.31. The second-order valence-electron chi connectivity index (χ2n) is 7.76. The lowest BCUT2D eigenvalue weighted by molar-refractivity contribution is -0.117. The number of nitrogens with zero attached hydrogens (tertiary/aromatic N) is 5. The van der Waals surface area contributed by atoms with E-state index in [1.807, 2.05) is 16.7 Å². The number of aromatic nitrogens is 4. The van der Waals surface area contributed by atoms with Crippen LogP contribution in [0.25, 0.3) is 16.0 Å². The van der Waals surface area contributed by atoms with Crippen molar-refractivity contribution in [1.82, 2.24) is 24.3 Å². The van der Waals surface area contributed by atoms with Gasteiger partial charge in [-0.1, -0.05) is 23.1 Å². The highest BCUT2D eigenvalue weighted by Crippen LogP contribution is 2.36. The van der Waals surface area contributed by atoms with Crippen LogP contribution in [0.1, 0.15) is 19.3 Å². The first-order chi connectivity index (χ1) is 15.0. The second-order valence-corrected chi connectivity index (χ2v) is 9.85. The molecule has 7 nitrogen and oxygen atoms in total. The van der Waals surface area contributed by atoms with Gasteiger partial charge in [0.15, 0.2) is 5.13 Å². The molecule has 1 amide bonds. The van der Waals surface area contributed by atoms with E-state index in [9.17, 15) is 9.18 Å². The summed E-state index contributed by atoms with van der Waals surface area (Å²) < 4.78 is 17.4. The van der Waals surface area contributed by atoms with Crippen LogP contribution >= 0.6 is 23.1 Å². The zero-order chi connectivity index (χ0) is 21.4. The Morgan fingerprint density at radius 3 is 3.00 bits per heavy atom. The molecule has 10 heteroatoms. The summed E-state index contributed by atoms with van der Waals surface area (Å²) in [5, 5.41) is 4.19. The number of rotatable bonds is 5. The molecule has 0 radical (unpaired) electrons. The Kier molecular flexibility index (Phi) is 5.59. The summed E-state index contributed by atoms with van der Waals surface area (Å²) in [6.45, 7) is 2.06. The molecule has 1 aliphatic rings. The molecule has 1 saturated heterocycles. The molecule has 0 spiro atoms. The van der Waals surface area contributed by atoms with Crippen molar-refractivity contribution >= 4 is 50.1 Å². The van der Waals surface area contributed by atoms with E-state index in [1.165, 1.54) is 29.2 Å². The summed E-state index contributed by atoms with van der Waals surface area (Å²) in [4.78, 5) is 28.1. The molecule has 0 bridgehead atoms. The fourth-order valence-corrected chi connectivity index (χ4v) is 5.64. The van der Waals surface area contributed by atoms with E-state index < -0.39 is 0 Å². The summed E-state index contributed by atoms with van der Waals surface area (Å²) in [5.74, 6) is 0.595. The van der Waals surface area contributed by atoms with Gasteiger partial charge in [0.05, 0.1) is 21.3 Å². The van der Waals surface area contributed by atoms with Crippen molar-refractivity contribution in [3.05, 3.63) is 42.6 Å². The number of carbonyl (C=O) groups excluding carboxylic acids is 1. The molecule has 1 N–H and O–H groups in total. The number of amides is 1. The van der Waals surface area contributed by atoms with Crippen LogP contribution in [0.15, 0.2) is 46.7 Å². The Bertz CT molecular complexity index is 1250. The van der Waals surface area contributed by atoms with Crippen LogP contribution in [0.3, 0.4) is 0 Å². The van der Waals surface area contributed by atoms with Gasteiger partial charge < -0.3 is 10.2 Å². The molecule has 1 fully saturated rings. The molecule has 4 aromatic rings. The highest BCUT2D eigenvalue weighted by molar-refractivity contribution is 7.99. The van der Waals surface area contributed by atoms with Gasteiger partial charge in [-0.25, -0.2) is 19.3 Å². The Labute approximate surface area is 186 Å². The van der Waals surface area contributed by atoms with Gasteiger partial charge in [0, 0.05) is 24.9 Å². The molecule has 0 saturated carbocycles. The van der Waals surface area contributed by atoms with E-state index >= 15 is 0 Å². The maximum absolute atomic E-state index is 14.7. The summed E-state index contributed by atoms with van der Waals surface area (Å²) in [6.07, 6.45) is 7.77. The zero-order valence-electron chi connectivity index (χ0n) is 16.9. The van der Waals surface area contributed by atoms with Crippen molar-refractivity contribution in [3.8, 4) is 0 Å². The number of nitrogens with one attached hydrogen (secondary N) is 1. The van der Waals surface area contributed by atoms with Crippen LogP contribution in [-0.4, -0.2) is 50.3 Å². The number of imidazole rings is 1. The topological polar surface area (TPSA) is 75.4 Å². The second kappa shape index (κ2) is 8.52. The van der Waals surface area contributed by atoms with Gasteiger partial charge >= 0.3 is 0 Å². The summed E-state index contributed by atoms with van der Waals surface area (Å²) in [7, 11) is 2.11. The van der Waals surface area contributed by atoms with Gasteiger partial charge in [0.2, 0.25) is 11.7 Å².